The molecule has 1 aliphatic carbocycles. The van der Waals surface area contributed by atoms with Gasteiger partial charge in [-0.05, 0) is 54.5 Å². The second kappa shape index (κ2) is 7.47. The minimum absolute atomic E-state index is 0.110. The summed E-state index contributed by atoms with van der Waals surface area (Å²) in [4.78, 5) is 43.3. The molecule has 5 rings (SSSR count). The average Bonchev–Trinajstić information content (AvgIpc) is 3.63. The van der Waals surface area contributed by atoms with Gasteiger partial charge in [0, 0.05) is 23.9 Å². The second-order valence-electron chi connectivity index (χ2n) is 8.05. The number of nitrogens with zero attached hydrogens (tertiary/aromatic N) is 2. The maximum Gasteiger partial charge on any atom is 0.256 e. The summed E-state index contributed by atoms with van der Waals surface area (Å²) < 4.78 is 0. The van der Waals surface area contributed by atoms with E-state index in [0.29, 0.717) is 24.3 Å². The summed E-state index contributed by atoms with van der Waals surface area (Å²) in [5.74, 6) is -0.159. The number of rotatable bonds is 3. The number of anilines is 1. The van der Waals surface area contributed by atoms with E-state index in [4.69, 9.17) is 0 Å². The van der Waals surface area contributed by atoms with Crippen LogP contribution in [0.1, 0.15) is 23.2 Å². The lowest BCUT2D eigenvalue weighted by Gasteiger charge is -2.39. The fourth-order valence-electron chi connectivity index (χ4n) is 4.20. The van der Waals surface area contributed by atoms with Crippen molar-refractivity contribution in [2.45, 2.75) is 23.8 Å². The zero-order chi connectivity index (χ0) is 20.8. The largest absolute Gasteiger partial charge is 0.338 e. The molecule has 7 heteroatoms. The summed E-state index contributed by atoms with van der Waals surface area (Å²) >= 11 is 1.68. The Morgan fingerprint density at radius 2 is 1.77 bits per heavy atom. The molecule has 0 bridgehead atoms. The monoisotopic (exact) mass is 421 g/mol. The van der Waals surface area contributed by atoms with Crippen molar-refractivity contribution in [2.75, 3.05) is 31.2 Å². The van der Waals surface area contributed by atoms with Gasteiger partial charge in [0.25, 0.3) is 5.91 Å². The van der Waals surface area contributed by atoms with Crippen molar-refractivity contribution >= 4 is 35.2 Å². The van der Waals surface area contributed by atoms with E-state index in [-0.39, 0.29) is 30.2 Å². The fourth-order valence-corrected chi connectivity index (χ4v) is 4.61. The van der Waals surface area contributed by atoms with Crippen molar-refractivity contribution in [3.63, 3.8) is 0 Å². The number of piperazine rings is 1. The Labute approximate surface area is 179 Å². The Kier molecular flexibility index (Phi) is 4.77. The minimum atomic E-state index is -0.648. The zero-order valence-corrected chi connectivity index (χ0v) is 17.6. The smallest absolute Gasteiger partial charge is 0.256 e. The molecule has 0 aromatic heterocycles. The number of amides is 3. The lowest BCUT2D eigenvalue weighted by molar-refractivity contribution is -0.136. The summed E-state index contributed by atoms with van der Waals surface area (Å²) in [6.07, 6.45) is 3.90. The van der Waals surface area contributed by atoms with E-state index >= 15 is 0 Å². The zero-order valence-electron chi connectivity index (χ0n) is 16.8. The van der Waals surface area contributed by atoms with E-state index < -0.39 is 6.04 Å². The first kappa shape index (κ1) is 19.2. The molecule has 3 amide bonds. The van der Waals surface area contributed by atoms with Gasteiger partial charge < -0.3 is 15.1 Å². The molecule has 1 saturated carbocycles. The van der Waals surface area contributed by atoms with E-state index in [2.05, 4.69) is 17.4 Å². The molecule has 1 atom stereocenters. The quantitative estimate of drug-likeness (QED) is 0.774. The van der Waals surface area contributed by atoms with Crippen molar-refractivity contribution in [1.29, 1.82) is 0 Å². The van der Waals surface area contributed by atoms with Crippen LogP contribution >= 0.6 is 11.8 Å². The predicted molar refractivity (Wildman–Crippen MR) is 116 cm³/mol. The molecule has 30 heavy (non-hydrogen) atoms. The van der Waals surface area contributed by atoms with Crippen molar-refractivity contribution in [1.82, 2.24) is 9.80 Å². The third-order valence-electron chi connectivity index (χ3n) is 6.11. The molecule has 3 aliphatic rings. The van der Waals surface area contributed by atoms with Crippen molar-refractivity contribution < 1.29 is 14.4 Å². The van der Waals surface area contributed by atoms with Gasteiger partial charge in [-0.1, -0.05) is 18.2 Å². The lowest BCUT2D eigenvalue weighted by atomic mass is 10.0. The van der Waals surface area contributed by atoms with Crippen LogP contribution in [0.5, 0.6) is 0 Å². The maximum atomic E-state index is 13.4. The van der Waals surface area contributed by atoms with Crippen LogP contribution in [0.3, 0.4) is 0 Å². The van der Waals surface area contributed by atoms with Crippen LogP contribution in [0.15, 0.2) is 47.4 Å². The molecule has 2 aromatic carbocycles. The Bertz CT molecular complexity index is 1030. The van der Waals surface area contributed by atoms with Crippen LogP contribution in [0.4, 0.5) is 5.69 Å². The van der Waals surface area contributed by atoms with Crippen molar-refractivity contribution in [2.24, 2.45) is 5.92 Å². The maximum absolute atomic E-state index is 13.4. The van der Waals surface area contributed by atoms with Crippen LogP contribution < -0.4 is 5.32 Å². The molecular weight excluding hydrogens is 398 g/mol. The van der Waals surface area contributed by atoms with E-state index in [1.54, 1.807) is 27.6 Å². The molecular formula is C23H23N3O3S. The minimum Gasteiger partial charge on any atom is -0.338 e. The standard InChI is InChI=1S/C23H23N3O3S/c1-30-17-7-4-14(5-8-17)16-6-9-19-18(12-16)23(29)26-11-10-25(22(28)15-2-3-15)13-20(26)21(27)24-19/h4-9,12,15,20H,2-3,10-11,13H2,1H3,(H,24,27)/t20-/m1/s1. The van der Waals surface area contributed by atoms with Gasteiger partial charge in [-0.2, -0.15) is 0 Å². The molecule has 2 aromatic rings. The lowest BCUT2D eigenvalue weighted by Crippen LogP contribution is -2.59. The SMILES string of the molecule is CSc1ccc(-c2ccc3c(c2)C(=O)N2CCN(C(=O)C4CC4)C[C@@H]2C(=O)N3)cc1. The Hall–Kier alpha value is -2.80. The number of benzene rings is 2. The first-order chi connectivity index (χ1) is 14.5. The van der Waals surface area contributed by atoms with Gasteiger partial charge in [-0.15, -0.1) is 11.8 Å². The molecule has 0 radical (unpaired) electrons. The summed E-state index contributed by atoms with van der Waals surface area (Å²) in [5.41, 5.74) is 2.99. The van der Waals surface area contributed by atoms with Crippen molar-refractivity contribution in [3.05, 3.63) is 48.0 Å². The molecule has 1 saturated heterocycles. The van der Waals surface area contributed by atoms with Crippen LogP contribution in [0.2, 0.25) is 0 Å². The summed E-state index contributed by atoms with van der Waals surface area (Å²) in [6, 6.07) is 13.1. The average molecular weight is 422 g/mol. The summed E-state index contributed by atoms with van der Waals surface area (Å²) in [7, 11) is 0. The second-order valence-corrected chi connectivity index (χ2v) is 8.93. The first-order valence-corrected chi connectivity index (χ1v) is 11.5. The van der Waals surface area contributed by atoms with Gasteiger partial charge in [0.1, 0.15) is 6.04 Å². The summed E-state index contributed by atoms with van der Waals surface area (Å²) in [5, 5.41) is 2.91. The van der Waals surface area contributed by atoms with Gasteiger partial charge in [-0.25, -0.2) is 0 Å². The number of hydrogen-bond acceptors (Lipinski definition) is 4. The van der Waals surface area contributed by atoms with Gasteiger partial charge in [0.2, 0.25) is 11.8 Å². The third kappa shape index (κ3) is 3.37. The van der Waals surface area contributed by atoms with Gasteiger partial charge >= 0.3 is 0 Å². The number of thioether (sulfide) groups is 1. The molecule has 2 fully saturated rings. The number of carbonyl (C=O) groups is 3. The highest BCUT2D eigenvalue weighted by molar-refractivity contribution is 7.98. The molecule has 0 spiro atoms. The van der Waals surface area contributed by atoms with Crippen molar-refractivity contribution in [3.8, 4) is 11.1 Å². The normalized spacial score (nSPS) is 20.9. The number of fused-ring (bicyclic) bond motifs is 2. The van der Waals surface area contributed by atoms with Crippen LogP contribution in [0.25, 0.3) is 11.1 Å². The Morgan fingerprint density at radius 3 is 2.47 bits per heavy atom. The van der Waals surface area contributed by atoms with Gasteiger partial charge in [0.15, 0.2) is 0 Å². The number of nitrogens with one attached hydrogen (secondary N) is 1. The van der Waals surface area contributed by atoms with Gasteiger partial charge in [0.05, 0.1) is 17.8 Å². The molecule has 1 N–H and O–H groups in total. The molecule has 0 unspecified atom stereocenters. The molecule has 154 valence electrons. The van der Waals surface area contributed by atoms with Crippen LogP contribution in [-0.2, 0) is 9.59 Å². The Balaban J connectivity index is 1.44. The number of hydrogen-bond donors (Lipinski definition) is 1. The van der Waals surface area contributed by atoms with E-state index in [1.165, 1.54) is 4.90 Å². The first-order valence-electron chi connectivity index (χ1n) is 10.2. The van der Waals surface area contributed by atoms with E-state index in [0.717, 1.165) is 24.0 Å². The highest BCUT2D eigenvalue weighted by Gasteiger charge is 2.43. The third-order valence-corrected chi connectivity index (χ3v) is 6.86. The number of carbonyl (C=O) groups excluding carboxylic acids is 3. The molecule has 2 aliphatic heterocycles. The predicted octanol–water partition coefficient (Wildman–Crippen LogP) is 3.09. The topological polar surface area (TPSA) is 69.7 Å². The van der Waals surface area contributed by atoms with E-state index in [9.17, 15) is 14.4 Å². The van der Waals surface area contributed by atoms with E-state index in [1.807, 2.05) is 30.5 Å². The highest BCUT2D eigenvalue weighted by atomic mass is 32.2. The fraction of sp³-hybridized carbons (Fsp3) is 0.348. The molecule has 6 nitrogen and oxygen atoms in total. The Morgan fingerprint density at radius 1 is 1.03 bits per heavy atom. The van der Waals surface area contributed by atoms with Gasteiger partial charge in [-0.3, -0.25) is 14.4 Å². The van der Waals surface area contributed by atoms with Crippen LogP contribution in [-0.4, -0.2) is 59.5 Å². The summed E-state index contributed by atoms with van der Waals surface area (Å²) in [6.45, 7) is 1.13. The molecule has 2 heterocycles. The highest BCUT2D eigenvalue weighted by Crippen LogP contribution is 2.34. The van der Waals surface area contributed by atoms with Crippen LogP contribution in [0, 0.1) is 5.92 Å².